The first-order valence-electron chi connectivity index (χ1n) is 4.16. The number of thiol groups is 1. The second-order valence-corrected chi connectivity index (χ2v) is 6.32. The van der Waals surface area contributed by atoms with Crippen molar-refractivity contribution in [2.75, 3.05) is 32.6 Å². The molecule has 1 unspecified atom stereocenters. The lowest BCUT2D eigenvalue weighted by Crippen LogP contribution is -2.49. The van der Waals surface area contributed by atoms with Gasteiger partial charge in [0, 0.05) is 0 Å². The smallest absolute Gasteiger partial charge is 0.270 e. The molecule has 0 radical (unpaired) electrons. The number of piperidine rings is 1. The molecule has 1 aliphatic rings. The molecule has 12 heavy (non-hydrogen) atoms. The predicted molar refractivity (Wildman–Crippen MR) is 51.7 cm³/mol. The van der Waals surface area contributed by atoms with E-state index in [-0.39, 0.29) is 11.8 Å². The first-order valence-corrected chi connectivity index (χ1v) is 6.47. The second kappa shape index (κ2) is 3.50. The number of nitrogens with zero attached hydrogens (tertiary/aromatic N) is 1. The molecule has 0 saturated carbocycles. The highest BCUT2D eigenvalue weighted by Gasteiger charge is 2.44. The number of alkyl halides is 2. The van der Waals surface area contributed by atoms with Gasteiger partial charge in [-0.3, -0.25) is 10.9 Å². The van der Waals surface area contributed by atoms with E-state index in [9.17, 15) is 8.78 Å². The molecule has 1 saturated heterocycles. The van der Waals surface area contributed by atoms with Crippen molar-refractivity contribution < 1.29 is 8.78 Å². The van der Waals surface area contributed by atoms with Crippen molar-refractivity contribution in [3.63, 3.8) is 0 Å². The Hall–Kier alpha value is 0.170. The van der Waals surface area contributed by atoms with Crippen LogP contribution in [0.1, 0.15) is 6.42 Å². The van der Waals surface area contributed by atoms with E-state index in [0.29, 0.717) is 6.42 Å². The van der Waals surface area contributed by atoms with Gasteiger partial charge >= 0.3 is 0 Å². The number of likely N-dealkylation sites (tertiary alicyclic amines) is 1. The third-order valence-corrected chi connectivity index (χ3v) is 4.26. The van der Waals surface area contributed by atoms with Gasteiger partial charge in [-0.15, -0.1) is 0 Å². The summed E-state index contributed by atoms with van der Waals surface area (Å²) in [6.07, 6.45) is 4.54. The van der Waals surface area contributed by atoms with Crippen LogP contribution in [-0.4, -0.2) is 48.7 Å². The Balaban J connectivity index is 2.64. The largest absolute Gasteiger partial charge is 0.301 e. The molecule has 0 N–H and O–H groups in total. The zero-order chi connectivity index (χ0) is 9.35. The maximum atomic E-state index is 13.3. The molecule has 0 bridgehead atoms. The Labute approximate surface area is 75.5 Å². The van der Waals surface area contributed by atoms with E-state index in [1.165, 1.54) is 0 Å². The van der Waals surface area contributed by atoms with Crippen LogP contribution in [-0.2, 0) is 0 Å². The molecular formula is C8H17F2NS. The minimum absolute atomic E-state index is 0.0574. The third-order valence-electron chi connectivity index (χ3n) is 2.38. The van der Waals surface area contributed by atoms with Crippen molar-refractivity contribution >= 4 is 10.9 Å². The summed E-state index contributed by atoms with van der Waals surface area (Å²) >= 11 is 0. The molecule has 0 aromatic rings. The second-order valence-electron chi connectivity index (χ2n) is 3.77. The molecule has 1 heterocycles. The van der Waals surface area contributed by atoms with Crippen LogP contribution < -0.4 is 0 Å². The molecule has 1 aliphatic heterocycles. The van der Waals surface area contributed by atoms with E-state index in [2.05, 4.69) is 0 Å². The maximum absolute atomic E-state index is 13.3. The van der Waals surface area contributed by atoms with Crippen LogP contribution in [0.5, 0.6) is 0 Å². The van der Waals surface area contributed by atoms with Gasteiger partial charge in [-0.2, -0.15) is 0 Å². The number of hydrogen-bond acceptors (Lipinski definition) is 1. The summed E-state index contributed by atoms with van der Waals surface area (Å²) in [4.78, 5) is 1.72. The maximum Gasteiger partial charge on any atom is 0.270 e. The zero-order valence-corrected chi connectivity index (χ0v) is 8.74. The average Bonchev–Trinajstić information content (AvgIpc) is 1.82. The fourth-order valence-corrected chi connectivity index (χ4v) is 3.20. The van der Waals surface area contributed by atoms with Gasteiger partial charge in [0.2, 0.25) is 0 Å². The van der Waals surface area contributed by atoms with Crippen molar-refractivity contribution in [1.82, 2.24) is 4.90 Å². The summed E-state index contributed by atoms with van der Waals surface area (Å²) in [7, 11) is 1.26. The van der Waals surface area contributed by atoms with Crippen molar-refractivity contribution in [3.8, 4) is 0 Å². The molecule has 0 amide bonds. The van der Waals surface area contributed by atoms with Crippen molar-refractivity contribution in [3.05, 3.63) is 0 Å². The van der Waals surface area contributed by atoms with Crippen LogP contribution in [0, 0.1) is 0 Å². The van der Waals surface area contributed by atoms with Crippen LogP contribution in [0.3, 0.4) is 0 Å². The number of halogens is 2. The van der Waals surface area contributed by atoms with Crippen LogP contribution in [0.25, 0.3) is 0 Å². The minimum atomic E-state index is -2.46. The Morgan fingerprint density at radius 2 is 2.00 bits per heavy atom. The van der Waals surface area contributed by atoms with Crippen molar-refractivity contribution in [2.24, 2.45) is 0 Å². The molecule has 0 aromatic heterocycles. The van der Waals surface area contributed by atoms with E-state index in [1.54, 1.807) is 11.9 Å². The van der Waals surface area contributed by atoms with E-state index >= 15 is 0 Å². The van der Waals surface area contributed by atoms with E-state index < -0.39 is 16.8 Å². The van der Waals surface area contributed by atoms with Gasteiger partial charge in [-0.1, -0.05) is 0 Å². The van der Waals surface area contributed by atoms with Gasteiger partial charge in [-0.05, 0) is 32.5 Å². The molecule has 0 aromatic carbocycles. The van der Waals surface area contributed by atoms with Crippen molar-refractivity contribution in [1.29, 1.82) is 0 Å². The van der Waals surface area contributed by atoms with Crippen LogP contribution in [0.15, 0.2) is 0 Å². The molecule has 0 spiro atoms. The summed E-state index contributed by atoms with van der Waals surface area (Å²) < 4.78 is 26.7. The predicted octanol–water partition coefficient (Wildman–Crippen LogP) is 1.59. The Morgan fingerprint density at radius 1 is 1.42 bits per heavy atom. The van der Waals surface area contributed by atoms with Crippen LogP contribution >= 0.6 is 10.9 Å². The highest BCUT2D eigenvalue weighted by molar-refractivity contribution is 8.16. The fourth-order valence-electron chi connectivity index (χ4n) is 1.73. The van der Waals surface area contributed by atoms with E-state index in [4.69, 9.17) is 0 Å². The monoisotopic (exact) mass is 197 g/mol. The molecular weight excluding hydrogens is 180 g/mol. The summed E-state index contributed by atoms with van der Waals surface area (Å²) in [5.41, 5.74) is 0. The highest BCUT2D eigenvalue weighted by atomic mass is 32.2. The van der Waals surface area contributed by atoms with Crippen LogP contribution in [0.2, 0.25) is 0 Å². The fraction of sp³-hybridized carbons (Fsp3) is 1.00. The Kier molecular flexibility index (Phi) is 2.99. The lowest BCUT2D eigenvalue weighted by atomic mass is 10.1. The quantitative estimate of drug-likeness (QED) is 0.625. The molecule has 1 rings (SSSR count). The summed E-state index contributed by atoms with van der Waals surface area (Å²) in [5.74, 6) is -2.46. The summed E-state index contributed by atoms with van der Waals surface area (Å²) in [5, 5.41) is -0.358. The molecule has 4 heteroatoms. The SMILES string of the molecule is CN1CCC([SH](C)C)C(F)(F)C1. The number of rotatable bonds is 1. The standard InChI is InChI=1S/C8H17F2NS/c1-11-5-4-7(12(2)3)8(9,10)6-11/h7,12H,4-6H2,1-3H3. The van der Waals surface area contributed by atoms with Gasteiger partial charge < -0.3 is 4.90 Å². The van der Waals surface area contributed by atoms with E-state index in [0.717, 1.165) is 6.54 Å². The van der Waals surface area contributed by atoms with Gasteiger partial charge in [-0.25, -0.2) is 8.78 Å². The van der Waals surface area contributed by atoms with Gasteiger partial charge in [0.15, 0.2) is 0 Å². The molecule has 1 atom stereocenters. The molecule has 74 valence electrons. The first-order chi connectivity index (χ1) is 5.43. The first kappa shape index (κ1) is 10.3. The van der Waals surface area contributed by atoms with Gasteiger partial charge in [0.25, 0.3) is 5.92 Å². The Bertz CT molecular complexity index is 161. The minimum Gasteiger partial charge on any atom is -0.301 e. The highest BCUT2D eigenvalue weighted by Crippen LogP contribution is 2.40. The lowest BCUT2D eigenvalue weighted by Gasteiger charge is -2.39. The van der Waals surface area contributed by atoms with Crippen molar-refractivity contribution in [2.45, 2.75) is 17.6 Å². The topological polar surface area (TPSA) is 3.24 Å². The average molecular weight is 197 g/mol. The van der Waals surface area contributed by atoms with E-state index in [1.807, 2.05) is 12.5 Å². The summed E-state index contributed by atoms with van der Waals surface area (Å²) in [6.45, 7) is 0.763. The van der Waals surface area contributed by atoms with Gasteiger partial charge in [0.05, 0.1) is 11.8 Å². The molecule has 1 fully saturated rings. The lowest BCUT2D eigenvalue weighted by molar-refractivity contribution is -0.0511. The van der Waals surface area contributed by atoms with Crippen LogP contribution in [0.4, 0.5) is 8.78 Å². The number of hydrogen-bond donors (Lipinski definition) is 1. The molecule has 0 aliphatic carbocycles. The van der Waals surface area contributed by atoms with Gasteiger partial charge in [0.1, 0.15) is 0 Å². The summed E-state index contributed by atoms with van der Waals surface area (Å²) in [6, 6.07) is 0. The normalized spacial score (nSPS) is 31.8. The molecule has 1 nitrogen and oxygen atoms in total. The Morgan fingerprint density at radius 3 is 2.42 bits per heavy atom. The zero-order valence-electron chi connectivity index (χ0n) is 7.85. The third kappa shape index (κ3) is 2.10.